The van der Waals surface area contributed by atoms with Gasteiger partial charge < -0.3 is 14.2 Å². The van der Waals surface area contributed by atoms with Crippen LogP contribution in [0.2, 0.25) is 25.7 Å². The highest BCUT2D eigenvalue weighted by molar-refractivity contribution is 6.76. The molecule has 2 aromatic carbocycles. The van der Waals surface area contributed by atoms with Gasteiger partial charge in [-0.15, -0.1) is 0 Å². The van der Waals surface area contributed by atoms with E-state index in [1.807, 2.05) is 30.3 Å². The van der Waals surface area contributed by atoms with E-state index in [-0.39, 0.29) is 12.8 Å². The molecule has 2 rings (SSSR count). The average molecular weight is 346 g/mol. The Labute approximate surface area is 144 Å². The highest BCUT2D eigenvalue weighted by atomic mass is 28.3. The third-order valence-electron chi connectivity index (χ3n) is 3.63. The Morgan fingerprint density at radius 3 is 2.58 bits per heavy atom. The normalized spacial score (nSPS) is 11.5. The number of ether oxygens (including phenoxy) is 3. The van der Waals surface area contributed by atoms with E-state index < -0.39 is 8.07 Å². The molecule has 0 spiro atoms. The molecule has 130 valence electrons. The molecule has 0 aliphatic heterocycles. The van der Waals surface area contributed by atoms with E-state index in [1.54, 1.807) is 13.0 Å². The van der Waals surface area contributed by atoms with Gasteiger partial charge in [-0.25, -0.2) is 4.79 Å². The van der Waals surface area contributed by atoms with Crippen molar-refractivity contribution < 1.29 is 19.0 Å². The molecule has 5 heteroatoms. The van der Waals surface area contributed by atoms with Crippen molar-refractivity contribution in [3.05, 3.63) is 42.0 Å². The molecule has 24 heavy (non-hydrogen) atoms. The third kappa shape index (κ3) is 5.35. The number of carbonyl (C=O) groups is 1. The van der Waals surface area contributed by atoms with Gasteiger partial charge in [0.25, 0.3) is 0 Å². The number of benzene rings is 2. The first kappa shape index (κ1) is 18.5. The Kier molecular flexibility index (Phi) is 6.40. The van der Waals surface area contributed by atoms with Crippen LogP contribution < -0.4 is 4.74 Å². The van der Waals surface area contributed by atoms with Crippen molar-refractivity contribution in [1.29, 1.82) is 0 Å². The van der Waals surface area contributed by atoms with Gasteiger partial charge in [0, 0.05) is 20.1 Å². The molecule has 0 aliphatic carbocycles. The van der Waals surface area contributed by atoms with Gasteiger partial charge in [0.15, 0.2) is 6.79 Å². The van der Waals surface area contributed by atoms with Crippen molar-refractivity contribution in [2.75, 3.05) is 20.0 Å². The van der Waals surface area contributed by atoms with E-state index >= 15 is 0 Å². The Balaban J connectivity index is 2.11. The number of carbonyl (C=O) groups excluding carboxylic acids is 1. The molecule has 0 atom stereocenters. The van der Waals surface area contributed by atoms with Crippen LogP contribution in [0.4, 0.5) is 0 Å². The molecule has 0 saturated heterocycles. The van der Waals surface area contributed by atoms with Gasteiger partial charge in [-0.2, -0.15) is 0 Å². The van der Waals surface area contributed by atoms with Gasteiger partial charge in [-0.3, -0.25) is 0 Å². The van der Waals surface area contributed by atoms with Gasteiger partial charge >= 0.3 is 5.97 Å². The number of fused-ring (bicyclic) bond motifs is 1. The number of rotatable bonds is 8. The zero-order valence-corrected chi connectivity index (χ0v) is 15.9. The van der Waals surface area contributed by atoms with Gasteiger partial charge in [-0.1, -0.05) is 43.9 Å². The maximum absolute atomic E-state index is 12.0. The fourth-order valence-corrected chi connectivity index (χ4v) is 3.03. The monoisotopic (exact) mass is 346 g/mol. The zero-order valence-electron chi connectivity index (χ0n) is 14.9. The van der Waals surface area contributed by atoms with Crippen LogP contribution in [0, 0.1) is 0 Å². The molecule has 0 heterocycles. The minimum Gasteiger partial charge on any atom is -0.467 e. The van der Waals surface area contributed by atoms with Crippen LogP contribution in [0.3, 0.4) is 0 Å². The molecule has 4 nitrogen and oxygen atoms in total. The Morgan fingerprint density at radius 1 is 1.12 bits per heavy atom. The van der Waals surface area contributed by atoms with Crippen LogP contribution in [0.1, 0.15) is 17.3 Å². The second kappa shape index (κ2) is 8.31. The van der Waals surface area contributed by atoms with Gasteiger partial charge in [0.05, 0.1) is 12.2 Å². The van der Waals surface area contributed by atoms with Crippen LogP contribution in [0.25, 0.3) is 10.8 Å². The number of esters is 1. The summed E-state index contributed by atoms with van der Waals surface area (Å²) < 4.78 is 16.5. The molecular weight excluding hydrogens is 320 g/mol. The maximum atomic E-state index is 12.0. The van der Waals surface area contributed by atoms with Crippen LogP contribution in [-0.2, 0) is 9.47 Å². The summed E-state index contributed by atoms with van der Waals surface area (Å²) in [5.74, 6) is 0.303. The Hall–Kier alpha value is -1.85. The Morgan fingerprint density at radius 2 is 1.88 bits per heavy atom. The van der Waals surface area contributed by atoms with E-state index in [2.05, 4.69) is 19.6 Å². The van der Waals surface area contributed by atoms with Gasteiger partial charge in [0.2, 0.25) is 0 Å². The standard InChI is InChI=1S/C19H26O4Si/c1-5-22-19(20)16-12-15-8-6-7-9-17(15)18(13-16)23-14-21-10-11-24(2,3)4/h6-9,12-13H,5,10-11,14H2,1-4H3. The lowest BCUT2D eigenvalue weighted by atomic mass is 10.1. The maximum Gasteiger partial charge on any atom is 0.338 e. The molecule has 2 aromatic rings. The largest absolute Gasteiger partial charge is 0.467 e. The predicted octanol–water partition coefficient (Wildman–Crippen LogP) is 4.71. The van der Waals surface area contributed by atoms with Crippen molar-refractivity contribution in [1.82, 2.24) is 0 Å². The first-order chi connectivity index (χ1) is 11.4. The second-order valence-electron chi connectivity index (χ2n) is 6.90. The van der Waals surface area contributed by atoms with Crippen molar-refractivity contribution in [2.24, 2.45) is 0 Å². The minimum atomic E-state index is -1.10. The number of hydrogen-bond donors (Lipinski definition) is 0. The first-order valence-corrected chi connectivity index (χ1v) is 12.0. The fourth-order valence-electron chi connectivity index (χ4n) is 2.27. The van der Waals surface area contributed by atoms with Crippen LogP contribution in [0.5, 0.6) is 5.75 Å². The summed E-state index contributed by atoms with van der Waals surface area (Å²) in [6.45, 7) is 9.96. The average Bonchev–Trinajstić information content (AvgIpc) is 2.53. The summed E-state index contributed by atoms with van der Waals surface area (Å²) in [6, 6.07) is 12.5. The quantitative estimate of drug-likeness (QED) is 0.301. The lowest BCUT2D eigenvalue weighted by molar-refractivity contribution is 0.0227. The summed E-state index contributed by atoms with van der Waals surface area (Å²) in [6.07, 6.45) is 0. The van der Waals surface area contributed by atoms with E-state index in [9.17, 15) is 4.79 Å². The molecule has 0 saturated carbocycles. The smallest absolute Gasteiger partial charge is 0.338 e. The summed E-state index contributed by atoms with van der Waals surface area (Å²) in [5.41, 5.74) is 0.493. The van der Waals surface area contributed by atoms with Crippen molar-refractivity contribution in [3.8, 4) is 5.75 Å². The van der Waals surface area contributed by atoms with Crippen molar-refractivity contribution >= 4 is 24.8 Å². The third-order valence-corrected chi connectivity index (χ3v) is 5.33. The van der Waals surface area contributed by atoms with Crippen LogP contribution >= 0.6 is 0 Å². The molecule has 0 radical (unpaired) electrons. The van der Waals surface area contributed by atoms with Gasteiger partial charge in [-0.05, 0) is 30.5 Å². The summed E-state index contributed by atoms with van der Waals surface area (Å²) in [5, 5.41) is 1.90. The molecule has 0 bridgehead atoms. The van der Waals surface area contributed by atoms with Gasteiger partial charge in [0.1, 0.15) is 5.75 Å². The second-order valence-corrected chi connectivity index (χ2v) is 12.5. The summed E-state index contributed by atoms with van der Waals surface area (Å²) in [7, 11) is -1.10. The minimum absolute atomic E-state index is 0.181. The number of hydrogen-bond acceptors (Lipinski definition) is 4. The highest BCUT2D eigenvalue weighted by Crippen LogP contribution is 2.28. The van der Waals surface area contributed by atoms with E-state index in [0.717, 1.165) is 16.8 Å². The first-order valence-electron chi connectivity index (χ1n) is 8.31. The molecule has 0 amide bonds. The molecule has 0 fully saturated rings. The lowest BCUT2D eigenvalue weighted by Crippen LogP contribution is -2.22. The van der Waals surface area contributed by atoms with E-state index in [4.69, 9.17) is 14.2 Å². The van der Waals surface area contributed by atoms with E-state index in [1.165, 1.54) is 0 Å². The van der Waals surface area contributed by atoms with Crippen LogP contribution in [0.15, 0.2) is 36.4 Å². The van der Waals surface area contributed by atoms with Crippen LogP contribution in [-0.4, -0.2) is 34.0 Å². The molecule has 0 N–H and O–H groups in total. The topological polar surface area (TPSA) is 44.8 Å². The summed E-state index contributed by atoms with van der Waals surface area (Å²) >= 11 is 0. The molecule has 0 aromatic heterocycles. The summed E-state index contributed by atoms with van der Waals surface area (Å²) in [4.78, 5) is 12.0. The van der Waals surface area contributed by atoms with Crippen molar-refractivity contribution in [2.45, 2.75) is 32.6 Å². The SMILES string of the molecule is CCOC(=O)c1cc(OCOCC[Si](C)(C)C)c2ccccc2c1. The molecule has 0 aliphatic rings. The molecule has 0 unspecified atom stereocenters. The molecular formula is C19H26O4Si. The Bertz CT molecular complexity index is 691. The fraction of sp³-hybridized carbons (Fsp3) is 0.421. The predicted molar refractivity (Wildman–Crippen MR) is 99.5 cm³/mol. The zero-order chi connectivity index (χ0) is 17.6. The highest BCUT2D eigenvalue weighted by Gasteiger charge is 2.13. The van der Waals surface area contributed by atoms with Crippen molar-refractivity contribution in [3.63, 3.8) is 0 Å². The lowest BCUT2D eigenvalue weighted by Gasteiger charge is -2.16. The van der Waals surface area contributed by atoms with E-state index in [0.29, 0.717) is 24.5 Å².